The lowest BCUT2D eigenvalue weighted by Gasteiger charge is -2.06. The molecule has 1 heterocycles. The van der Waals surface area contributed by atoms with Gasteiger partial charge in [-0.05, 0) is 37.3 Å². The minimum Gasteiger partial charge on any atom is -0.199 e. The Kier molecular flexibility index (Phi) is 4.17. The van der Waals surface area contributed by atoms with Crippen LogP contribution >= 0.6 is 15.9 Å². The summed E-state index contributed by atoms with van der Waals surface area (Å²) in [4.78, 5) is 0.218. The van der Waals surface area contributed by atoms with Crippen molar-refractivity contribution in [3.8, 4) is 11.3 Å². The molecule has 0 saturated carbocycles. The SMILES string of the molecule is Cc1ccc(S(=O)(=O)n2nc(-c3ccccc3)c3cc(Br)ccc32)cc1. The van der Waals surface area contributed by atoms with E-state index >= 15 is 0 Å². The first-order valence-corrected chi connectivity index (χ1v) is 10.3. The van der Waals surface area contributed by atoms with Gasteiger partial charge in [-0.2, -0.15) is 17.6 Å². The van der Waals surface area contributed by atoms with Crippen LogP contribution in [0.5, 0.6) is 0 Å². The van der Waals surface area contributed by atoms with Crippen LogP contribution in [0.1, 0.15) is 5.56 Å². The number of rotatable bonds is 3. The summed E-state index contributed by atoms with van der Waals surface area (Å²) < 4.78 is 28.4. The third-order valence-corrected chi connectivity index (χ3v) is 6.30. The minimum atomic E-state index is -3.79. The lowest BCUT2D eigenvalue weighted by Crippen LogP contribution is -2.14. The van der Waals surface area contributed by atoms with E-state index in [0.717, 1.165) is 25.1 Å². The summed E-state index contributed by atoms with van der Waals surface area (Å²) in [6.45, 7) is 1.92. The number of halogens is 1. The molecule has 0 bridgehead atoms. The highest BCUT2D eigenvalue weighted by molar-refractivity contribution is 9.10. The van der Waals surface area contributed by atoms with Gasteiger partial charge in [-0.15, -0.1) is 0 Å². The van der Waals surface area contributed by atoms with Crippen LogP contribution in [-0.4, -0.2) is 17.6 Å². The Hall–Kier alpha value is -2.44. The Morgan fingerprint density at radius 2 is 1.62 bits per heavy atom. The van der Waals surface area contributed by atoms with Crippen molar-refractivity contribution in [2.75, 3.05) is 0 Å². The monoisotopic (exact) mass is 426 g/mol. The van der Waals surface area contributed by atoms with Gasteiger partial charge in [0.05, 0.1) is 10.4 Å². The van der Waals surface area contributed by atoms with Crippen LogP contribution in [0.25, 0.3) is 22.2 Å². The first-order valence-electron chi connectivity index (χ1n) is 8.03. The first kappa shape index (κ1) is 17.0. The Bertz CT molecular complexity index is 1200. The molecule has 0 unspecified atom stereocenters. The summed E-state index contributed by atoms with van der Waals surface area (Å²) in [6, 6.07) is 21.9. The zero-order valence-corrected chi connectivity index (χ0v) is 16.3. The molecule has 130 valence electrons. The predicted molar refractivity (Wildman–Crippen MR) is 107 cm³/mol. The normalized spacial score (nSPS) is 11.8. The smallest absolute Gasteiger partial charge is 0.199 e. The van der Waals surface area contributed by atoms with Gasteiger partial charge in [0.1, 0.15) is 5.69 Å². The van der Waals surface area contributed by atoms with Gasteiger partial charge in [0.25, 0.3) is 10.0 Å². The van der Waals surface area contributed by atoms with E-state index in [9.17, 15) is 8.42 Å². The van der Waals surface area contributed by atoms with Crippen molar-refractivity contribution >= 4 is 36.9 Å². The molecule has 0 amide bonds. The fourth-order valence-electron chi connectivity index (χ4n) is 2.87. The second-order valence-electron chi connectivity index (χ2n) is 6.04. The average molecular weight is 427 g/mol. The van der Waals surface area contributed by atoms with Crippen LogP contribution in [0.2, 0.25) is 0 Å². The molecule has 4 rings (SSSR count). The maximum Gasteiger partial charge on any atom is 0.283 e. The van der Waals surface area contributed by atoms with Gasteiger partial charge >= 0.3 is 0 Å². The first-order chi connectivity index (χ1) is 12.5. The molecule has 6 heteroatoms. The Balaban J connectivity index is 2.01. The summed E-state index contributed by atoms with van der Waals surface area (Å²) in [7, 11) is -3.79. The molecule has 0 aliphatic carbocycles. The predicted octanol–water partition coefficient (Wildman–Crippen LogP) is 5.01. The van der Waals surface area contributed by atoms with Gasteiger partial charge in [0.15, 0.2) is 0 Å². The van der Waals surface area contributed by atoms with Crippen molar-refractivity contribution in [1.29, 1.82) is 0 Å². The highest BCUT2D eigenvalue weighted by atomic mass is 79.9. The van der Waals surface area contributed by atoms with Crippen molar-refractivity contribution in [2.45, 2.75) is 11.8 Å². The second kappa shape index (κ2) is 6.37. The molecular weight excluding hydrogens is 412 g/mol. The van der Waals surface area contributed by atoms with Crippen LogP contribution < -0.4 is 0 Å². The maximum atomic E-state index is 13.2. The molecule has 0 aliphatic heterocycles. The molecule has 3 aromatic carbocycles. The van der Waals surface area contributed by atoms with Crippen molar-refractivity contribution in [1.82, 2.24) is 9.19 Å². The molecule has 0 spiro atoms. The number of hydrogen-bond acceptors (Lipinski definition) is 3. The van der Waals surface area contributed by atoms with E-state index in [0.29, 0.717) is 11.2 Å². The summed E-state index contributed by atoms with van der Waals surface area (Å²) in [6.07, 6.45) is 0. The summed E-state index contributed by atoms with van der Waals surface area (Å²) in [5.41, 5.74) is 3.06. The van der Waals surface area contributed by atoms with Crippen LogP contribution in [0.3, 0.4) is 0 Å². The number of benzene rings is 3. The van der Waals surface area contributed by atoms with Crippen molar-refractivity contribution in [3.05, 3.63) is 82.8 Å². The molecule has 0 aliphatic rings. The summed E-state index contributed by atoms with van der Waals surface area (Å²) in [5, 5.41) is 5.26. The molecule has 0 saturated heterocycles. The zero-order valence-electron chi connectivity index (χ0n) is 13.9. The van der Waals surface area contributed by atoms with Gasteiger partial charge in [0, 0.05) is 15.4 Å². The number of fused-ring (bicyclic) bond motifs is 1. The lowest BCUT2D eigenvalue weighted by atomic mass is 10.1. The number of aryl methyl sites for hydroxylation is 1. The minimum absolute atomic E-state index is 0.218. The topological polar surface area (TPSA) is 52.0 Å². The fraction of sp³-hybridized carbons (Fsp3) is 0.0500. The van der Waals surface area contributed by atoms with E-state index in [-0.39, 0.29) is 4.90 Å². The summed E-state index contributed by atoms with van der Waals surface area (Å²) >= 11 is 3.47. The number of aromatic nitrogens is 2. The Morgan fingerprint density at radius 1 is 0.923 bits per heavy atom. The molecule has 4 nitrogen and oxygen atoms in total. The average Bonchev–Trinajstić information content (AvgIpc) is 3.02. The van der Waals surface area contributed by atoms with E-state index in [4.69, 9.17) is 0 Å². The van der Waals surface area contributed by atoms with Gasteiger partial charge in [-0.25, -0.2) is 0 Å². The van der Waals surface area contributed by atoms with E-state index < -0.39 is 10.0 Å². The lowest BCUT2D eigenvalue weighted by molar-refractivity contribution is 0.582. The summed E-state index contributed by atoms with van der Waals surface area (Å²) in [5.74, 6) is 0. The molecule has 0 fully saturated rings. The van der Waals surface area contributed by atoms with Crippen LogP contribution in [0.15, 0.2) is 82.2 Å². The Labute approximate surface area is 160 Å². The van der Waals surface area contributed by atoms with Crippen LogP contribution in [0, 0.1) is 6.92 Å². The van der Waals surface area contributed by atoms with Gasteiger partial charge in [-0.1, -0.05) is 64.0 Å². The van der Waals surface area contributed by atoms with Crippen LogP contribution in [-0.2, 0) is 10.0 Å². The second-order valence-corrected chi connectivity index (χ2v) is 8.72. The molecule has 0 N–H and O–H groups in total. The molecule has 0 atom stereocenters. The van der Waals surface area contributed by atoms with E-state index in [1.807, 2.05) is 49.4 Å². The third kappa shape index (κ3) is 2.85. The zero-order chi connectivity index (χ0) is 18.3. The molecular formula is C20H15BrN2O2S. The molecule has 4 aromatic rings. The fourth-order valence-corrected chi connectivity index (χ4v) is 4.51. The molecule has 0 radical (unpaired) electrons. The third-order valence-electron chi connectivity index (χ3n) is 4.20. The number of hydrogen-bond donors (Lipinski definition) is 0. The molecule has 26 heavy (non-hydrogen) atoms. The van der Waals surface area contributed by atoms with Crippen molar-refractivity contribution in [3.63, 3.8) is 0 Å². The van der Waals surface area contributed by atoms with Gasteiger partial charge in [-0.3, -0.25) is 0 Å². The highest BCUT2D eigenvalue weighted by Gasteiger charge is 2.23. The number of nitrogens with zero attached hydrogens (tertiary/aromatic N) is 2. The van der Waals surface area contributed by atoms with E-state index in [2.05, 4.69) is 21.0 Å². The maximum absolute atomic E-state index is 13.2. The van der Waals surface area contributed by atoms with E-state index in [1.54, 1.807) is 30.3 Å². The van der Waals surface area contributed by atoms with Gasteiger partial charge < -0.3 is 0 Å². The van der Waals surface area contributed by atoms with Gasteiger partial charge in [0.2, 0.25) is 0 Å². The Morgan fingerprint density at radius 3 is 2.31 bits per heavy atom. The quantitative estimate of drug-likeness (QED) is 0.462. The largest absolute Gasteiger partial charge is 0.283 e. The van der Waals surface area contributed by atoms with E-state index in [1.165, 1.54) is 0 Å². The van der Waals surface area contributed by atoms with Crippen molar-refractivity contribution in [2.24, 2.45) is 0 Å². The standard InChI is InChI=1S/C20H15BrN2O2S/c1-14-7-10-17(11-8-14)26(24,25)23-19-12-9-16(21)13-18(19)20(22-23)15-5-3-2-4-6-15/h2-13H,1H3. The van der Waals surface area contributed by atoms with Crippen molar-refractivity contribution < 1.29 is 8.42 Å². The molecule has 1 aromatic heterocycles. The highest BCUT2D eigenvalue weighted by Crippen LogP contribution is 2.32. The van der Waals surface area contributed by atoms with Crippen LogP contribution in [0.4, 0.5) is 0 Å².